The van der Waals surface area contributed by atoms with Gasteiger partial charge in [0.2, 0.25) is 0 Å². The van der Waals surface area contributed by atoms with E-state index in [0.29, 0.717) is 12.5 Å². The quantitative estimate of drug-likeness (QED) is 0.544. The van der Waals surface area contributed by atoms with Crippen LogP contribution in [-0.4, -0.2) is 97.6 Å². The lowest BCUT2D eigenvalue weighted by molar-refractivity contribution is -0.0343. The summed E-state index contributed by atoms with van der Waals surface area (Å²) in [6.45, 7) is 4.69. The van der Waals surface area contributed by atoms with Crippen LogP contribution in [0.15, 0.2) is 30.3 Å². The largest absolute Gasteiger partial charge is 0.381 e. The summed E-state index contributed by atoms with van der Waals surface area (Å²) in [7, 11) is 0.358. The standard InChI is InChI=1S/C28H42N6O4S/c1-17-25(33(2)32-31-17)20-14-21-24(29-15-20)23-27(22(39(4,35)36)16-30-28(23)37-3)34(21)26(18-8-6-5-7-9-18)19-10-12-38-13-11-19/h5-9,19-24,26-30H,10-16H2,1-4H3/t20?,21?,22?,23?,24?,26-,27?,28?/m1/s1. The number of fused-ring (bicyclic) bond motifs is 3. The second kappa shape index (κ2) is 10.8. The summed E-state index contributed by atoms with van der Waals surface area (Å²) in [5.74, 6) is 0.592. The number of hydrogen-bond acceptors (Lipinski definition) is 9. The van der Waals surface area contributed by atoms with E-state index < -0.39 is 15.1 Å². The topological polar surface area (TPSA) is 111 Å². The molecule has 0 amide bonds. The zero-order chi connectivity index (χ0) is 27.3. The van der Waals surface area contributed by atoms with Crippen molar-refractivity contribution in [1.29, 1.82) is 0 Å². The molecule has 8 atom stereocenters. The first-order valence-electron chi connectivity index (χ1n) is 14.2. The number of nitrogens with zero attached hydrogens (tertiary/aromatic N) is 4. The molecule has 6 rings (SSSR count). The number of ether oxygens (including phenoxy) is 2. The van der Waals surface area contributed by atoms with Crippen molar-refractivity contribution in [2.75, 3.05) is 39.7 Å². The number of piperidine rings is 2. The van der Waals surface area contributed by atoms with E-state index >= 15 is 0 Å². The first kappa shape index (κ1) is 27.3. The normalized spacial score (nSPS) is 34.9. The van der Waals surface area contributed by atoms with Crippen molar-refractivity contribution in [2.24, 2.45) is 18.9 Å². The number of aromatic nitrogens is 3. The highest BCUT2D eigenvalue weighted by Crippen LogP contribution is 2.50. The molecule has 2 N–H and O–H groups in total. The fourth-order valence-electron chi connectivity index (χ4n) is 8.21. The van der Waals surface area contributed by atoms with E-state index in [9.17, 15) is 8.42 Å². The van der Waals surface area contributed by atoms with Crippen LogP contribution in [-0.2, 0) is 26.4 Å². The zero-order valence-corrected chi connectivity index (χ0v) is 24.2. The maximum Gasteiger partial charge on any atom is 0.153 e. The Morgan fingerprint density at radius 3 is 2.51 bits per heavy atom. The van der Waals surface area contributed by atoms with Crippen LogP contribution in [0.4, 0.5) is 0 Å². The van der Waals surface area contributed by atoms with E-state index in [-0.39, 0.29) is 42.2 Å². The molecule has 1 aromatic heterocycles. The van der Waals surface area contributed by atoms with Gasteiger partial charge in [0.25, 0.3) is 0 Å². The van der Waals surface area contributed by atoms with Gasteiger partial charge < -0.3 is 14.8 Å². The minimum Gasteiger partial charge on any atom is -0.381 e. The van der Waals surface area contributed by atoms with Gasteiger partial charge in [-0.2, -0.15) is 0 Å². The SMILES string of the molecule is COC1NCC(S(C)(=O)=O)C2C1C1NCC(c3c(C)nnn3C)CC1N2[C@H](c1ccccc1)C1CCOCC1. The molecular weight excluding hydrogens is 516 g/mol. The predicted octanol–water partition coefficient (Wildman–Crippen LogP) is 1.39. The minimum absolute atomic E-state index is 0.00811. The molecule has 5 heterocycles. The number of rotatable bonds is 6. The second-order valence-corrected chi connectivity index (χ2v) is 14.1. The molecule has 10 nitrogen and oxygen atoms in total. The number of aryl methyl sites for hydroxylation is 2. The molecule has 0 aliphatic carbocycles. The molecule has 7 unspecified atom stereocenters. The van der Waals surface area contributed by atoms with Crippen LogP contribution in [0.3, 0.4) is 0 Å². The van der Waals surface area contributed by atoms with Crippen LogP contribution >= 0.6 is 0 Å². The highest BCUT2D eigenvalue weighted by molar-refractivity contribution is 7.91. The van der Waals surface area contributed by atoms with Gasteiger partial charge in [-0.15, -0.1) is 5.10 Å². The molecule has 4 aliphatic rings. The Bertz CT molecular complexity index is 1230. The van der Waals surface area contributed by atoms with Crippen molar-refractivity contribution in [3.8, 4) is 0 Å². The molecule has 4 aliphatic heterocycles. The summed E-state index contributed by atoms with van der Waals surface area (Å²) in [5.41, 5.74) is 3.36. The Kier molecular flexibility index (Phi) is 7.58. The molecule has 0 saturated carbocycles. The molecule has 0 bridgehead atoms. The van der Waals surface area contributed by atoms with Crippen molar-refractivity contribution < 1.29 is 17.9 Å². The molecule has 4 fully saturated rings. The summed E-state index contributed by atoms with van der Waals surface area (Å²) in [6, 6.07) is 10.8. The highest BCUT2D eigenvalue weighted by atomic mass is 32.2. The lowest BCUT2D eigenvalue weighted by atomic mass is 9.81. The van der Waals surface area contributed by atoms with Gasteiger partial charge in [0.1, 0.15) is 6.23 Å². The number of methoxy groups -OCH3 is 1. The average molecular weight is 559 g/mol. The number of benzene rings is 1. The van der Waals surface area contributed by atoms with Crippen molar-refractivity contribution in [2.45, 2.75) is 67.7 Å². The number of hydrogen-bond donors (Lipinski definition) is 2. The Hall–Kier alpha value is -1.89. The first-order valence-corrected chi connectivity index (χ1v) is 16.2. The Balaban J connectivity index is 1.49. The third-order valence-corrected chi connectivity index (χ3v) is 11.3. The van der Waals surface area contributed by atoms with E-state index in [4.69, 9.17) is 9.47 Å². The average Bonchev–Trinajstić information content (AvgIpc) is 3.45. The van der Waals surface area contributed by atoms with E-state index in [1.807, 2.05) is 18.7 Å². The maximum atomic E-state index is 13.4. The fraction of sp³-hybridized carbons (Fsp3) is 0.714. The fourth-order valence-corrected chi connectivity index (χ4v) is 9.43. The van der Waals surface area contributed by atoms with Crippen molar-refractivity contribution in [3.05, 3.63) is 47.3 Å². The van der Waals surface area contributed by atoms with Gasteiger partial charge in [0.15, 0.2) is 9.84 Å². The van der Waals surface area contributed by atoms with Crippen LogP contribution < -0.4 is 10.6 Å². The van der Waals surface area contributed by atoms with Crippen molar-refractivity contribution in [1.82, 2.24) is 30.5 Å². The summed E-state index contributed by atoms with van der Waals surface area (Å²) in [6.07, 6.45) is 4.01. The smallest absolute Gasteiger partial charge is 0.153 e. The van der Waals surface area contributed by atoms with Crippen LogP contribution in [0.5, 0.6) is 0 Å². The lowest BCUT2D eigenvalue weighted by Gasteiger charge is -2.48. The maximum absolute atomic E-state index is 13.4. The molecule has 1 aromatic carbocycles. The summed E-state index contributed by atoms with van der Waals surface area (Å²) in [4.78, 5) is 2.62. The number of nitrogens with one attached hydrogen (secondary N) is 2. The van der Waals surface area contributed by atoms with E-state index in [1.54, 1.807) is 7.11 Å². The Labute approximate surface area is 231 Å². The van der Waals surface area contributed by atoms with E-state index in [0.717, 1.165) is 50.4 Å². The summed E-state index contributed by atoms with van der Waals surface area (Å²) < 4.78 is 40.5. The van der Waals surface area contributed by atoms with E-state index in [1.165, 1.54) is 11.8 Å². The monoisotopic (exact) mass is 558 g/mol. The minimum atomic E-state index is -3.34. The molecule has 0 spiro atoms. The molecule has 39 heavy (non-hydrogen) atoms. The Morgan fingerprint density at radius 2 is 1.87 bits per heavy atom. The first-order chi connectivity index (χ1) is 18.8. The van der Waals surface area contributed by atoms with Crippen LogP contribution in [0.2, 0.25) is 0 Å². The second-order valence-electron chi connectivity index (χ2n) is 11.9. The molecule has 214 valence electrons. The Morgan fingerprint density at radius 1 is 1.13 bits per heavy atom. The molecule has 4 saturated heterocycles. The van der Waals surface area contributed by atoms with Crippen LogP contribution in [0, 0.1) is 18.8 Å². The summed E-state index contributed by atoms with van der Waals surface area (Å²) in [5, 5.41) is 15.5. The van der Waals surface area contributed by atoms with Gasteiger partial charge >= 0.3 is 0 Å². The van der Waals surface area contributed by atoms with Gasteiger partial charge in [-0.25, -0.2) is 8.42 Å². The molecule has 11 heteroatoms. The van der Waals surface area contributed by atoms with E-state index in [2.05, 4.69) is 56.2 Å². The molecular formula is C28H42N6O4S. The van der Waals surface area contributed by atoms with Gasteiger partial charge in [-0.3, -0.25) is 14.9 Å². The number of sulfone groups is 1. The van der Waals surface area contributed by atoms with Gasteiger partial charge in [-0.1, -0.05) is 35.5 Å². The van der Waals surface area contributed by atoms with Crippen molar-refractivity contribution >= 4 is 9.84 Å². The number of likely N-dealkylation sites (tertiary alicyclic amines) is 1. The van der Waals surface area contributed by atoms with Gasteiger partial charge in [0.05, 0.1) is 16.6 Å². The van der Waals surface area contributed by atoms with Crippen LogP contribution in [0.1, 0.15) is 48.2 Å². The van der Waals surface area contributed by atoms with Crippen LogP contribution in [0.25, 0.3) is 0 Å². The molecule has 0 radical (unpaired) electrons. The van der Waals surface area contributed by atoms with Gasteiger partial charge in [-0.05, 0) is 37.7 Å². The lowest BCUT2D eigenvalue weighted by Crippen LogP contribution is -2.63. The third-order valence-electron chi connectivity index (χ3n) is 9.74. The van der Waals surface area contributed by atoms with Crippen molar-refractivity contribution in [3.63, 3.8) is 0 Å². The molecule has 2 aromatic rings. The predicted molar refractivity (Wildman–Crippen MR) is 148 cm³/mol. The highest BCUT2D eigenvalue weighted by Gasteiger charge is 2.61. The zero-order valence-electron chi connectivity index (χ0n) is 23.4. The third kappa shape index (κ3) is 4.85. The van der Waals surface area contributed by atoms with Gasteiger partial charge in [0, 0.05) is 82.7 Å². The summed E-state index contributed by atoms with van der Waals surface area (Å²) >= 11 is 0.